The zero-order valence-corrected chi connectivity index (χ0v) is 22.9. The fourth-order valence-corrected chi connectivity index (χ4v) is 9.13. The molecule has 2 aliphatic heterocycles. The number of piperidine rings is 1. The topological polar surface area (TPSA) is 57.2 Å². The molecule has 5 aliphatic carbocycles. The van der Waals surface area contributed by atoms with E-state index in [2.05, 4.69) is 41.3 Å². The molecule has 204 valence electrons. The van der Waals surface area contributed by atoms with Gasteiger partial charge in [-0.05, 0) is 68.7 Å². The maximum Gasteiger partial charge on any atom is 0.312 e. The van der Waals surface area contributed by atoms with E-state index in [4.69, 9.17) is 18.9 Å². The second-order valence-corrected chi connectivity index (χ2v) is 12.5. The number of carbonyl (C=O) groups excluding carboxylic acids is 1. The Morgan fingerprint density at radius 3 is 2.74 bits per heavy atom. The normalized spacial score (nSPS) is 36.8. The number of hydrogen-bond donors (Lipinski definition) is 0. The van der Waals surface area contributed by atoms with Crippen molar-refractivity contribution in [2.45, 2.75) is 68.8 Å². The minimum absolute atomic E-state index is 0.171. The second kappa shape index (κ2) is 8.34. The van der Waals surface area contributed by atoms with Crippen LogP contribution in [0.15, 0.2) is 54.6 Å². The average molecular weight is 528 g/mol. The van der Waals surface area contributed by atoms with Gasteiger partial charge in [0.25, 0.3) is 0 Å². The molecule has 2 saturated carbocycles. The van der Waals surface area contributed by atoms with E-state index < -0.39 is 11.5 Å². The van der Waals surface area contributed by atoms with Crippen molar-refractivity contribution < 1.29 is 23.7 Å². The molecule has 3 fully saturated rings. The molecule has 0 amide bonds. The fourth-order valence-electron chi connectivity index (χ4n) is 9.13. The predicted octanol–water partition coefficient (Wildman–Crippen LogP) is 4.83. The summed E-state index contributed by atoms with van der Waals surface area (Å²) >= 11 is 0. The number of esters is 1. The van der Waals surface area contributed by atoms with Gasteiger partial charge in [0, 0.05) is 30.7 Å². The van der Waals surface area contributed by atoms with Crippen molar-refractivity contribution in [3.8, 4) is 11.5 Å². The molecule has 0 aromatic heterocycles. The molecule has 4 bridgehead atoms. The minimum Gasteiger partial charge on any atom is -0.485 e. The minimum atomic E-state index is -0.873. The molecular formula is C33H37NO5. The van der Waals surface area contributed by atoms with Crippen molar-refractivity contribution in [3.63, 3.8) is 0 Å². The number of fused-ring (bicyclic) bond motifs is 1. The number of nitrogens with zero attached hydrogens (tertiary/aromatic N) is 1. The first-order valence-corrected chi connectivity index (χ1v) is 14.7. The Morgan fingerprint density at radius 2 is 1.97 bits per heavy atom. The van der Waals surface area contributed by atoms with Crippen LogP contribution in [0, 0.1) is 17.3 Å². The van der Waals surface area contributed by atoms with Gasteiger partial charge in [0.2, 0.25) is 0 Å². The van der Waals surface area contributed by atoms with E-state index in [1.165, 1.54) is 24.0 Å². The number of methoxy groups -OCH3 is 1. The van der Waals surface area contributed by atoms with E-state index in [1.807, 2.05) is 25.1 Å². The summed E-state index contributed by atoms with van der Waals surface area (Å²) < 4.78 is 25.6. The van der Waals surface area contributed by atoms with Crippen LogP contribution >= 0.6 is 0 Å². The molecular weight excluding hydrogens is 490 g/mol. The first-order valence-electron chi connectivity index (χ1n) is 14.7. The molecule has 39 heavy (non-hydrogen) atoms. The lowest BCUT2D eigenvalue weighted by Crippen LogP contribution is -2.80. The maximum atomic E-state index is 13.6. The molecule has 7 aliphatic rings. The predicted molar refractivity (Wildman–Crippen MR) is 146 cm³/mol. The van der Waals surface area contributed by atoms with Gasteiger partial charge in [0.15, 0.2) is 11.5 Å². The fraction of sp³-hybridized carbons (Fsp3) is 0.545. The van der Waals surface area contributed by atoms with Gasteiger partial charge >= 0.3 is 5.97 Å². The van der Waals surface area contributed by atoms with Crippen LogP contribution in [0.4, 0.5) is 0 Å². The lowest BCUT2D eigenvalue weighted by Gasteiger charge is -2.70. The third kappa shape index (κ3) is 3.02. The summed E-state index contributed by atoms with van der Waals surface area (Å²) in [6.45, 7) is 4.93. The molecule has 6 nitrogen and oxygen atoms in total. The van der Waals surface area contributed by atoms with Gasteiger partial charge in [0.05, 0.1) is 17.9 Å². The molecule has 2 aromatic carbocycles. The Kier molecular flexibility index (Phi) is 5.13. The van der Waals surface area contributed by atoms with Crippen LogP contribution in [0.25, 0.3) is 0 Å². The summed E-state index contributed by atoms with van der Waals surface area (Å²) in [4.78, 5) is 16.3. The van der Waals surface area contributed by atoms with Crippen LogP contribution in [0.5, 0.6) is 11.5 Å². The molecule has 0 N–H and O–H groups in total. The summed E-state index contributed by atoms with van der Waals surface area (Å²) in [6, 6.07) is 15.0. The summed E-state index contributed by atoms with van der Waals surface area (Å²) in [5.41, 5.74) is 2.48. The van der Waals surface area contributed by atoms with Crippen molar-refractivity contribution in [1.82, 2.24) is 4.90 Å². The summed E-state index contributed by atoms with van der Waals surface area (Å²) in [6.07, 6.45) is 9.68. The Labute approximate surface area is 230 Å². The van der Waals surface area contributed by atoms with E-state index in [9.17, 15) is 4.79 Å². The third-order valence-electron chi connectivity index (χ3n) is 10.9. The molecule has 9 rings (SSSR count). The maximum absolute atomic E-state index is 13.6. The van der Waals surface area contributed by atoms with Crippen molar-refractivity contribution in [1.29, 1.82) is 0 Å². The van der Waals surface area contributed by atoms with Gasteiger partial charge in [-0.2, -0.15) is 0 Å². The highest BCUT2D eigenvalue weighted by atomic mass is 16.6. The van der Waals surface area contributed by atoms with Crippen LogP contribution < -0.4 is 9.47 Å². The van der Waals surface area contributed by atoms with Crippen LogP contribution in [-0.4, -0.2) is 55.4 Å². The van der Waals surface area contributed by atoms with Gasteiger partial charge in [0.1, 0.15) is 18.3 Å². The van der Waals surface area contributed by atoms with Crippen molar-refractivity contribution >= 4 is 5.97 Å². The van der Waals surface area contributed by atoms with E-state index in [-0.39, 0.29) is 22.9 Å². The Morgan fingerprint density at radius 1 is 1.13 bits per heavy atom. The summed E-state index contributed by atoms with van der Waals surface area (Å²) in [5, 5.41) is 0. The Bertz CT molecular complexity index is 1350. The van der Waals surface area contributed by atoms with E-state index >= 15 is 0 Å². The van der Waals surface area contributed by atoms with Crippen molar-refractivity contribution in [2.24, 2.45) is 17.3 Å². The van der Waals surface area contributed by atoms with Gasteiger partial charge in [-0.1, -0.05) is 48.6 Å². The molecule has 2 aromatic rings. The summed E-state index contributed by atoms with van der Waals surface area (Å²) in [7, 11) is 1.73. The van der Waals surface area contributed by atoms with Gasteiger partial charge in [-0.15, -0.1) is 0 Å². The smallest absolute Gasteiger partial charge is 0.312 e. The molecule has 0 radical (unpaired) electrons. The molecule has 1 unspecified atom stereocenters. The molecule has 2 heterocycles. The van der Waals surface area contributed by atoms with Crippen LogP contribution in [0.3, 0.4) is 0 Å². The molecule has 2 spiro atoms. The van der Waals surface area contributed by atoms with Crippen LogP contribution in [0.2, 0.25) is 0 Å². The van der Waals surface area contributed by atoms with Gasteiger partial charge in [-0.25, -0.2) is 0 Å². The second-order valence-electron chi connectivity index (χ2n) is 12.5. The van der Waals surface area contributed by atoms with E-state index in [0.29, 0.717) is 19.3 Å². The highest BCUT2D eigenvalue weighted by Crippen LogP contribution is 2.74. The zero-order valence-electron chi connectivity index (χ0n) is 22.9. The molecule has 6 atom stereocenters. The Balaban J connectivity index is 1.28. The zero-order chi connectivity index (χ0) is 26.4. The quantitative estimate of drug-likeness (QED) is 0.362. The summed E-state index contributed by atoms with van der Waals surface area (Å²) in [5.74, 6) is 1.89. The van der Waals surface area contributed by atoms with E-state index in [1.54, 1.807) is 7.11 Å². The van der Waals surface area contributed by atoms with Gasteiger partial charge in [-0.3, -0.25) is 9.69 Å². The van der Waals surface area contributed by atoms with Crippen LogP contribution in [-0.2, 0) is 32.7 Å². The number of rotatable bonds is 8. The van der Waals surface area contributed by atoms with E-state index in [0.717, 1.165) is 55.3 Å². The Hall–Kier alpha value is -2.83. The number of ether oxygens (including phenoxy) is 4. The lowest BCUT2D eigenvalue weighted by molar-refractivity contribution is -0.223. The number of likely N-dealkylation sites (tertiary alicyclic amines) is 1. The van der Waals surface area contributed by atoms with Crippen molar-refractivity contribution in [2.75, 3.05) is 26.8 Å². The highest BCUT2D eigenvalue weighted by molar-refractivity contribution is 5.78. The number of benzene rings is 2. The lowest BCUT2D eigenvalue weighted by atomic mass is 9.37. The third-order valence-corrected chi connectivity index (χ3v) is 10.9. The number of carbonyl (C=O) groups is 1. The van der Waals surface area contributed by atoms with Gasteiger partial charge < -0.3 is 18.9 Å². The average Bonchev–Trinajstić information content (AvgIpc) is 3.71. The monoisotopic (exact) mass is 527 g/mol. The molecule has 6 heteroatoms. The standard InChI is InChI=1S/C33H37NO5/c1-3-37-29(35)24-18-31-13-14-33(24,36-2)30-32(31)15-16-34(19-21-9-10-21)26(31)17-23-11-12-25(28(39-30)27(23)32)38-20-22-7-5-4-6-8-22/h4-8,11-14,21,24,26,30H,3,9-10,15-20H2,1-2H3/t24-,26-,30?,31-,32+,33-/m1/s1. The largest absolute Gasteiger partial charge is 0.485 e. The SMILES string of the molecule is CCOC(=O)[C@H]1C[C@@]23C=C[C@]1(OC)C1Oc4c(OCc5ccccc5)ccc5c4[C@@]12CCN(CC1CC1)[C@@H]3C5. The van der Waals surface area contributed by atoms with Crippen molar-refractivity contribution in [3.05, 3.63) is 71.3 Å². The van der Waals surface area contributed by atoms with Crippen LogP contribution in [0.1, 0.15) is 49.3 Å². The number of hydrogen-bond acceptors (Lipinski definition) is 6. The molecule has 1 saturated heterocycles. The first-order chi connectivity index (χ1) is 19.1. The first kappa shape index (κ1) is 24.0. The highest BCUT2D eigenvalue weighted by Gasteiger charge is 2.80.